The summed E-state index contributed by atoms with van der Waals surface area (Å²) < 4.78 is 27.9. The van der Waals surface area contributed by atoms with Crippen LogP contribution in [0.5, 0.6) is 0 Å². The Bertz CT molecular complexity index is 1290. The van der Waals surface area contributed by atoms with Crippen LogP contribution in [0.4, 0.5) is 14.5 Å². The second-order valence-corrected chi connectivity index (χ2v) is 7.07. The van der Waals surface area contributed by atoms with E-state index in [0.717, 1.165) is 33.3 Å². The van der Waals surface area contributed by atoms with Gasteiger partial charge in [0.2, 0.25) is 0 Å². The number of nitrogens with one attached hydrogen (secondary N) is 1. The second kappa shape index (κ2) is 7.95. The average molecular weight is 409 g/mol. The molecule has 0 saturated heterocycles. The maximum Gasteiger partial charge on any atom is 0.151 e. The van der Waals surface area contributed by atoms with Crippen LogP contribution < -0.4 is 0 Å². The standard InChI is InChI=1S/C26H17F2N3/c27-21-12-7-13-22(28)26(21)29-16-23-30-24-19(17-8-3-1-4-9-17)14-15-20(25(24)31-23)18-10-5-2-6-11-18/h1-16H,(H,30,31)/b29-16+. The third kappa shape index (κ3) is 3.62. The highest BCUT2D eigenvalue weighted by Crippen LogP contribution is 2.34. The first-order valence-corrected chi connectivity index (χ1v) is 9.82. The molecule has 0 saturated carbocycles. The van der Waals surface area contributed by atoms with Gasteiger partial charge in [-0.25, -0.2) is 18.8 Å². The van der Waals surface area contributed by atoms with E-state index >= 15 is 0 Å². The number of H-pyrrole nitrogens is 1. The van der Waals surface area contributed by atoms with Crippen LogP contribution in [0.15, 0.2) is 96.0 Å². The van der Waals surface area contributed by atoms with E-state index in [1.807, 2.05) is 66.7 Å². The molecule has 3 nitrogen and oxygen atoms in total. The van der Waals surface area contributed by atoms with Crippen LogP contribution in [0.25, 0.3) is 33.3 Å². The quantitative estimate of drug-likeness (QED) is 0.321. The predicted octanol–water partition coefficient (Wildman–Crippen LogP) is 6.93. The van der Waals surface area contributed by atoms with E-state index in [9.17, 15) is 8.78 Å². The molecule has 0 bridgehead atoms. The van der Waals surface area contributed by atoms with Crippen LogP contribution >= 0.6 is 0 Å². The minimum atomic E-state index is -0.720. The molecule has 1 aromatic heterocycles. The van der Waals surface area contributed by atoms with Crippen molar-refractivity contribution in [3.63, 3.8) is 0 Å². The van der Waals surface area contributed by atoms with Crippen LogP contribution in [-0.2, 0) is 0 Å². The Morgan fingerprint density at radius 1 is 0.677 bits per heavy atom. The molecule has 0 aliphatic heterocycles. The lowest BCUT2D eigenvalue weighted by Gasteiger charge is -2.07. The van der Waals surface area contributed by atoms with E-state index in [1.54, 1.807) is 0 Å². The van der Waals surface area contributed by atoms with E-state index < -0.39 is 11.6 Å². The smallest absolute Gasteiger partial charge is 0.151 e. The number of halogens is 2. The summed E-state index contributed by atoms with van der Waals surface area (Å²) in [6.07, 6.45) is 1.35. The fourth-order valence-electron chi connectivity index (χ4n) is 3.62. The van der Waals surface area contributed by atoms with Crippen LogP contribution in [0.2, 0.25) is 0 Å². The van der Waals surface area contributed by atoms with Crippen LogP contribution in [0.1, 0.15) is 5.82 Å². The first kappa shape index (κ1) is 18.9. The molecule has 0 unspecified atom stereocenters. The van der Waals surface area contributed by atoms with Gasteiger partial charge in [-0.15, -0.1) is 0 Å². The molecular weight excluding hydrogens is 392 g/mol. The molecule has 31 heavy (non-hydrogen) atoms. The van der Waals surface area contributed by atoms with Crippen molar-refractivity contribution in [3.05, 3.63) is 108 Å². The van der Waals surface area contributed by atoms with Crippen molar-refractivity contribution in [1.29, 1.82) is 0 Å². The highest BCUT2D eigenvalue weighted by atomic mass is 19.1. The topological polar surface area (TPSA) is 41.0 Å². The van der Waals surface area contributed by atoms with Crippen molar-refractivity contribution in [2.75, 3.05) is 0 Å². The van der Waals surface area contributed by atoms with E-state index in [-0.39, 0.29) is 5.69 Å². The van der Waals surface area contributed by atoms with Crippen LogP contribution in [0, 0.1) is 11.6 Å². The summed E-state index contributed by atoms with van der Waals surface area (Å²) >= 11 is 0. The second-order valence-electron chi connectivity index (χ2n) is 7.07. The number of fused-ring (bicyclic) bond motifs is 1. The molecular formula is C26H17F2N3. The van der Waals surface area contributed by atoms with Crippen molar-refractivity contribution in [1.82, 2.24) is 9.97 Å². The molecule has 0 amide bonds. The number of hydrogen-bond donors (Lipinski definition) is 1. The van der Waals surface area contributed by atoms with Crippen molar-refractivity contribution >= 4 is 22.9 Å². The molecule has 0 aliphatic rings. The first-order chi connectivity index (χ1) is 15.2. The van der Waals surface area contributed by atoms with Gasteiger partial charge in [0.25, 0.3) is 0 Å². The summed E-state index contributed by atoms with van der Waals surface area (Å²) in [6, 6.07) is 27.7. The Hall–Kier alpha value is -4.12. The van der Waals surface area contributed by atoms with Gasteiger partial charge in [0.15, 0.2) is 11.6 Å². The van der Waals surface area contributed by atoms with E-state index in [2.05, 4.69) is 16.0 Å². The minimum Gasteiger partial charge on any atom is -0.337 e. The Morgan fingerprint density at radius 3 is 1.90 bits per heavy atom. The third-order valence-corrected chi connectivity index (χ3v) is 5.09. The van der Waals surface area contributed by atoms with Gasteiger partial charge < -0.3 is 4.98 Å². The maximum atomic E-state index is 13.9. The predicted molar refractivity (Wildman–Crippen MR) is 121 cm³/mol. The number of hydrogen-bond acceptors (Lipinski definition) is 2. The van der Waals surface area contributed by atoms with Crippen LogP contribution in [0.3, 0.4) is 0 Å². The lowest BCUT2D eigenvalue weighted by molar-refractivity contribution is 0.587. The van der Waals surface area contributed by atoms with Gasteiger partial charge in [0.1, 0.15) is 11.5 Å². The molecule has 4 aromatic carbocycles. The van der Waals surface area contributed by atoms with Gasteiger partial charge in [-0.1, -0.05) is 78.9 Å². The Morgan fingerprint density at radius 2 is 1.26 bits per heavy atom. The van der Waals surface area contributed by atoms with Crippen molar-refractivity contribution < 1.29 is 8.78 Å². The highest BCUT2D eigenvalue weighted by Gasteiger charge is 2.14. The fraction of sp³-hybridized carbons (Fsp3) is 0. The van der Waals surface area contributed by atoms with Crippen molar-refractivity contribution in [3.8, 4) is 22.3 Å². The van der Waals surface area contributed by atoms with E-state index in [4.69, 9.17) is 4.98 Å². The zero-order chi connectivity index (χ0) is 21.2. The monoisotopic (exact) mass is 409 g/mol. The number of benzene rings is 4. The molecule has 1 N–H and O–H groups in total. The number of nitrogens with zero attached hydrogens (tertiary/aromatic N) is 2. The van der Waals surface area contributed by atoms with Gasteiger partial charge in [-0.05, 0) is 23.3 Å². The summed E-state index contributed by atoms with van der Waals surface area (Å²) in [7, 11) is 0. The lowest BCUT2D eigenvalue weighted by atomic mass is 9.98. The fourth-order valence-corrected chi connectivity index (χ4v) is 3.62. The highest BCUT2D eigenvalue weighted by molar-refractivity contribution is 6.02. The summed E-state index contributed by atoms with van der Waals surface area (Å²) in [4.78, 5) is 12.0. The molecule has 0 fully saturated rings. The summed E-state index contributed by atoms with van der Waals surface area (Å²) in [6.45, 7) is 0. The molecule has 5 aromatic rings. The normalized spacial score (nSPS) is 11.4. The molecule has 0 spiro atoms. The first-order valence-electron chi connectivity index (χ1n) is 9.82. The van der Waals surface area contributed by atoms with Gasteiger partial charge in [-0.2, -0.15) is 0 Å². The van der Waals surface area contributed by atoms with Crippen LogP contribution in [-0.4, -0.2) is 16.2 Å². The molecule has 0 atom stereocenters. The Balaban J connectivity index is 1.68. The summed E-state index contributed by atoms with van der Waals surface area (Å²) in [5.74, 6) is -1.03. The number of imidazole rings is 1. The maximum absolute atomic E-state index is 13.9. The van der Waals surface area contributed by atoms with E-state index in [0.29, 0.717) is 5.82 Å². The van der Waals surface area contributed by atoms with Crippen molar-refractivity contribution in [2.24, 2.45) is 4.99 Å². The van der Waals surface area contributed by atoms with Crippen molar-refractivity contribution in [2.45, 2.75) is 0 Å². The molecule has 150 valence electrons. The third-order valence-electron chi connectivity index (χ3n) is 5.09. The number of para-hydroxylation sites is 1. The van der Waals surface area contributed by atoms with E-state index in [1.165, 1.54) is 24.4 Å². The van der Waals surface area contributed by atoms with Gasteiger partial charge in [-0.3, -0.25) is 0 Å². The average Bonchev–Trinajstić information content (AvgIpc) is 3.23. The molecule has 0 aliphatic carbocycles. The SMILES string of the molecule is Fc1cccc(F)c1/N=C/c1nc2c(-c3ccccc3)ccc(-c3ccccc3)c2[nH]1. The summed E-state index contributed by atoms with van der Waals surface area (Å²) in [5.41, 5.74) is 5.28. The largest absolute Gasteiger partial charge is 0.337 e. The van der Waals surface area contributed by atoms with Gasteiger partial charge >= 0.3 is 0 Å². The molecule has 1 heterocycles. The molecule has 0 radical (unpaired) electrons. The Labute approximate surface area is 177 Å². The van der Waals surface area contributed by atoms with Gasteiger partial charge in [0, 0.05) is 11.1 Å². The molecule has 5 heteroatoms. The number of aromatic amines is 1. The molecule has 5 rings (SSSR count). The zero-order valence-electron chi connectivity index (χ0n) is 16.4. The number of rotatable bonds is 4. The number of aliphatic imine (C=N–C) groups is 1. The zero-order valence-corrected chi connectivity index (χ0v) is 16.4. The van der Waals surface area contributed by atoms with Gasteiger partial charge in [0.05, 0.1) is 17.2 Å². The summed E-state index contributed by atoms with van der Waals surface area (Å²) in [5, 5.41) is 0. The minimum absolute atomic E-state index is 0.338. The lowest BCUT2D eigenvalue weighted by Crippen LogP contribution is -1.86. The number of aromatic nitrogens is 2. The Kier molecular flexibility index (Phi) is 4.84.